The van der Waals surface area contributed by atoms with Crippen LogP contribution in [-0.4, -0.2) is 50.9 Å². The third kappa shape index (κ3) is 3.07. The second-order valence-corrected chi connectivity index (χ2v) is 5.68. The van der Waals surface area contributed by atoms with Gasteiger partial charge in [-0.3, -0.25) is 0 Å². The molecule has 7 nitrogen and oxygen atoms in total. The van der Waals surface area contributed by atoms with E-state index in [4.69, 9.17) is 16.3 Å². The molecule has 2 aromatic rings. The first-order valence-electron chi connectivity index (χ1n) is 7.49. The summed E-state index contributed by atoms with van der Waals surface area (Å²) in [5.41, 5.74) is 2.10. The Labute approximate surface area is 143 Å². The molecule has 0 saturated carbocycles. The zero-order chi connectivity index (χ0) is 17.1. The van der Waals surface area contributed by atoms with Gasteiger partial charge in [0, 0.05) is 18.5 Å². The molecule has 0 fully saturated rings. The minimum Gasteiger partial charge on any atom is -0.476 e. The predicted octanol–water partition coefficient (Wildman–Crippen LogP) is 2.30. The zero-order valence-corrected chi connectivity index (χ0v) is 13.6. The summed E-state index contributed by atoms with van der Waals surface area (Å²) < 4.78 is 6.66. The molecule has 1 aliphatic rings. The molecule has 24 heavy (non-hydrogen) atoms. The van der Waals surface area contributed by atoms with Gasteiger partial charge >= 0.3 is 12.1 Å². The summed E-state index contributed by atoms with van der Waals surface area (Å²) >= 11 is 5.52. The smallest absolute Gasteiger partial charge is 0.410 e. The van der Waals surface area contributed by atoms with Gasteiger partial charge in [0.05, 0.1) is 23.8 Å². The molecule has 2 heterocycles. The van der Waals surface area contributed by atoms with Gasteiger partial charge in [0.25, 0.3) is 0 Å². The highest BCUT2D eigenvalue weighted by Gasteiger charge is 2.31. The first-order chi connectivity index (χ1) is 11.6. The highest BCUT2D eigenvalue weighted by atomic mass is 35.5. The summed E-state index contributed by atoms with van der Waals surface area (Å²) in [6, 6.07) is 9.33. The van der Waals surface area contributed by atoms with Gasteiger partial charge in [-0.2, -0.15) is 5.10 Å². The van der Waals surface area contributed by atoms with Crippen molar-refractivity contribution >= 4 is 23.7 Å². The second-order valence-electron chi connectivity index (χ2n) is 5.30. The molecule has 0 atom stereocenters. The summed E-state index contributed by atoms with van der Waals surface area (Å²) in [5, 5.41) is 13.7. The van der Waals surface area contributed by atoms with Gasteiger partial charge < -0.3 is 14.7 Å². The second kappa shape index (κ2) is 6.92. The standard InChI is InChI=1S/C16H16ClN3O4/c17-7-9-24-16(23)19-8-6-13-12(10-19)14(15(21)22)18-20(13)11-4-2-1-3-5-11/h1-5H,6-10H2,(H,21,22). The number of carboxylic acid groups (broad SMARTS) is 1. The number of carbonyl (C=O) groups is 2. The van der Waals surface area contributed by atoms with Gasteiger partial charge in [-0.1, -0.05) is 18.2 Å². The Balaban J connectivity index is 1.94. The van der Waals surface area contributed by atoms with Gasteiger partial charge in [-0.15, -0.1) is 11.6 Å². The molecule has 0 unspecified atom stereocenters. The average molecular weight is 350 g/mol. The number of halogens is 1. The molecular weight excluding hydrogens is 334 g/mol. The molecule has 126 valence electrons. The van der Waals surface area contributed by atoms with Crippen molar-refractivity contribution in [3.8, 4) is 5.69 Å². The van der Waals surface area contributed by atoms with E-state index in [9.17, 15) is 14.7 Å². The van der Waals surface area contributed by atoms with E-state index in [1.807, 2.05) is 30.3 Å². The molecule has 0 radical (unpaired) electrons. The number of benzene rings is 1. The van der Waals surface area contributed by atoms with Crippen LogP contribution in [0.15, 0.2) is 30.3 Å². The topological polar surface area (TPSA) is 84.7 Å². The van der Waals surface area contributed by atoms with Crippen LogP contribution >= 0.6 is 11.6 Å². The lowest BCUT2D eigenvalue weighted by atomic mass is 10.1. The Bertz CT molecular complexity index is 760. The normalized spacial score (nSPS) is 13.5. The maximum absolute atomic E-state index is 12.0. The van der Waals surface area contributed by atoms with Gasteiger partial charge in [0.1, 0.15) is 6.61 Å². The van der Waals surface area contributed by atoms with Gasteiger partial charge in [0.15, 0.2) is 5.69 Å². The Morgan fingerprint density at radius 3 is 2.71 bits per heavy atom. The number of aromatic nitrogens is 2. The van der Waals surface area contributed by atoms with Crippen molar-refractivity contribution < 1.29 is 19.4 Å². The molecular formula is C16H16ClN3O4. The molecule has 1 aromatic heterocycles. The van der Waals surface area contributed by atoms with Gasteiger partial charge in [0.2, 0.25) is 0 Å². The maximum atomic E-state index is 12.0. The monoisotopic (exact) mass is 349 g/mol. The number of rotatable bonds is 4. The van der Waals surface area contributed by atoms with Crippen molar-refractivity contribution in [3.05, 3.63) is 47.3 Å². The van der Waals surface area contributed by atoms with Crippen LogP contribution in [-0.2, 0) is 17.7 Å². The van der Waals surface area contributed by atoms with E-state index in [2.05, 4.69) is 5.10 Å². The SMILES string of the molecule is O=C(O)c1nn(-c2ccccc2)c2c1CN(C(=O)OCCCl)CC2. The number of fused-ring (bicyclic) bond motifs is 1. The Kier molecular flexibility index (Phi) is 4.71. The lowest BCUT2D eigenvalue weighted by Gasteiger charge is -2.26. The number of ether oxygens (including phenoxy) is 1. The van der Waals surface area contributed by atoms with E-state index in [0.29, 0.717) is 18.5 Å². The van der Waals surface area contributed by atoms with E-state index in [1.54, 1.807) is 4.68 Å². The van der Waals surface area contributed by atoms with Crippen molar-refractivity contribution in [2.24, 2.45) is 0 Å². The highest BCUT2D eigenvalue weighted by molar-refractivity contribution is 6.18. The summed E-state index contributed by atoms with van der Waals surface area (Å²) in [7, 11) is 0. The number of carbonyl (C=O) groups excluding carboxylic acids is 1. The Hall–Kier alpha value is -2.54. The molecule has 1 N–H and O–H groups in total. The molecule has 0 aliphatic carbocycles. The van der Waals surface area contributed by atoms with Crippen molar-refractivity contribution in [3.63, 3.8) is 0 Å². The first-order valence-corrected chi connectivity index (χ1v) is 8.02. The van der Waals surface area contributed by atoms with Crippen molar-refractivity contribution in [1.82, 2.24) is 14.7 Å². The maximum Gasteiger partial charge on any atom is 0.410 e. The molecule has 0 saturated heterocycles. The molecule has 3 rings (SSSR count). The summed E-state index contributed by atoms with van der Waals surface area (Å²) in [6.07, 6.45) is 0.00520. The minimum atomic E-state index is -1.11. The van der Waals surface area contributed by atoms with E-state index >= 15 is 0 Å². The van der Waals surface area contributed by atoms with E-state index in [0.717, 1.165) is 11.4 Å². The van der Waals surface area contributed by atoms with Crippen LogP contribution in [0.1, 0.15) is 21.7 Å². The lowest BCUT2D eigenvalue weighted by molar-refractivity contribution is 0.0684. The van der Waals surface area contributed by atoms with E-state index in [-0.39, 0.29) is 24.7 Å². The molecule has 0 bridgehead atoms. The first kappa shape index (κ1) is 16.3. The molecule has 8 heteroatoms. The summed E-state index contributed by atoms with van der Waals surface area (Å²) in [4.78, 5) is 25.0. The highest BCUT2D eigenvalue weighted by Crippen LogP contribution is 2.25. The third-order valence-electron chi connectivity index (χ3n) is 3.82. The Morgan fingerprint density at radius 1 is 1.29 bits per heavy atom. The number of carboxylic acids is 1. The minimum absolute atomic E-state index is 0.0382. The number of para-hydroxylation sites is 1. The fourth-order valence-corrected chi connectivity index (χ4v) is 2.82. The molecule has 1 aliphatic heterocycles. The number of nitrogens with zero attached hydrogens (tertiary/aromatic N) is 3. The lowest BCUT2D eigenvalue weighted by Crippen LogP contribution is -2.37. The largest absolute Gasteiger partial charge is 0.476 e. The van der Waals surface area contributed by atoms with Crippen molar-refractivity contribution in [1.29, 1.82) is 0 Å². The zero-order valence-electron chi connectivity index (χ0n) is 12.8. The molecule has 1 aromatic carbocycles. The van der Waals surface area contributed by atoms with Crippen LogP contribution in [0.25, 0.3) is 5.69 Å². The van der Waals surface area contributed by atoms with E-state index < -0.39 is 12.1 Å². The van der Waals surface area contributed by atoms with Crippen LogP contribution in [0.5, 0.6) is 0 Å². The quantitative estimate of drug-likeness (QED) is 0.856. The van der Waals surface area contributed by atoms with E-state index in [1.165, 1.54) is 4.90 Å². The Morgan fingerprint density at radius 2 is 2.04 bits per heavy atom. The number of aromatic carboxylic acids is 1. The van der Waals surface area contributed by atoms with Crippen LogP contribution in [0, 0.1) is 0 Å². The predicted molar refractivity (Wildman–Crippen MR) is 86.7 cm³/mol. The number of hydrogen-bond acceptors (Lipinski definition) is 4. The average Bonchev–Trinajstić information content (AvgIpc) is 2.99. The van der Waals surface area contributed by atoms with Crippen molar-refractivity contribution in [2.45, 2.75) is 13.0 Å². The number of alkyl halides is 1. The summed E-state index contributed by atoms with van der Waals surface area (Å²) in [5.74, 6) is -0.895. The fraction of sp³-hybridized carbons (Fsp3) is 0.312. The van der Waals surface area contributed by atoms with Crippen LogP contribution in [0.3, 0.4) is 0 Å². The summed E-state index contributed by atoms with van der Waals surface area (Å²) in [6.45, 7) is 0.718. The van der Waals surface area contributed by atoms with Gasteiger partial charge in [-0.25, -0.2) is 14.3 Å². The fourth-order valence-electron chi connectivity index (χ4n) is 2.75. The molecule has 1 amide bonds. The van der Waals surface area contributed by atoms with Gasteiger partial charge in [-0.05, 0) is 12.1 Å². The van der Waals surface area contributed by atoms with Crippen LogP contribution < -0.4 is 0 Å². The molecule has 0 spiro atoms. The number of amides is 1. The third-order valence-corrected chi connectivity index (χ3v) is 3.98. The van der Waals surface area contributed by atoms with Crippen LogP contribution in [0.2, 0.25) is 0 Å². The van der Waals surface area contributed by atoms with Crippen molar-refractivity contribution in [2.75, 3.05) is 19.0 Å². The van der Waals surface area contributed by atoms with Crippen LogP contribution in [0.4, 0.5) is 4.79 Å². The number of hydrogen-bond donors (Lipinski definition) is 1.